The van der Waals surface area contributed by atoms with E-state index in [2.05, 4.69) is 0 Å². The Morgan fingerprint density at radius 1 is 1.35 bits per heavy atom. The van der Waals surface area contributed by atoms with Crippen LogP contribution < -0.4 is 5.73 Å². The predicted molar refractivity (Wildman–Crippen MR) is 74.6 cm³/mol. The van der Waals surface area contributed by atoms with Gasteiger partial charge in [0, 0.05) is 23.7 Å². The zero-order valence-corrected chi connectivity index (χ0v) is 12.0. The maximum absolute atomic E-state index is 12.5. The van der Waals surface area contributed by atoms with E-state index in [0.29, 0.717) is 11.0 Å². The Hall–Kier alpha value is -0.720. The number of hydrogen-bond acceptors (Lipinski definition) is 3. The van der Waals surface area contributed by atoms with Crippen LogP contribution in [0.4, 0.5) is 13.2 Å². The summed E-state index contributed by atoms with van der Waals surface area (Å²) in [5.74, 6) is 0.684. The van der Waals surface area contributed by atoms with E-state index < -0.39 is 11.7 Å². The van der Waals surface area contributed by atoms with Crippen LogP contribution >= 0.6 is 11.8 Å². The second kappa shape index (κ2) is 6.37. The average Bonchev–Trinajstić information content (AvgIpc) is 2.81. The van der Waals surface area contributed by atoms with Crippen LogP contribution in [0.15, 0.2) is 24.3 Å². The number of benzene rings is 1. The third-order valence-electron chi connectivity index (χ3n) is 3.46. The van der Waals surface area contributed by atoms with Crippen LogP contribution in [0.2, 0.25) is 0 Å². The molecule has 3 atom stereocenters. The van der Waals surface area contributed by atoms with Gasteiger partial charge < -0.3 is 10.5 Å². The van der Waals surface area contributed by atoms with Crippen molar-refractivity contribution < 1.29 is 17.9 Å². The zero-order valence-electron chi connectivity index (χ0n) is 11.2. The Bertz CT molecular complexity index is 435. The molecule has 20 heavy (non-hydrogen) atoms. The summed E-state index contributed by atoms with van der Waals surface area (Å²) in [6.45, 7) is 2.81. The molecule has 0 radical (unpaired) electrons. The van der Waals surface area contributed by atoms with Crippen molar-refractivity contribution in [1.82, 2.24) is 0 Å². The molecular formula is C14H18F3NOS. The molecule has 1 saturated heterocycles. The van der Waals surface area contributed by atoms with Crippen LogP contribution in [0.25, 0.3) is 0 Å². The summed E-state index contributed by atoms with van der Waals surface area (Å²) in [5, 5.41) is 0.426. The summed E-state index contributed by atoms with van der Waals surface area (Å²) in [5.41, 5.74) is 6.13. The molecule has 1 aromatic carbocycles. The first kappa shape index (κ1) is 15.7. The van der Waals surface area contributed by atoms with Gasteiger partial charge in [0.25, 0.3) is 0 Å². The third-order valence-corrected chi connectivity index (χ3v) is 5.06. The highest BCUT2D eigenvalue weighted by atomic mass is 32.2. The van der Waals surface area contributed by atoms with Crippen LogP contribution in [0.3, 0.4) is 0 Å². The van der Waals surface area contributed by atoms with Crippen molar-refractivity contribution >= 4 is 11.8 Å². The minimum absolute atomic E-state index is 0.222. The topological polar surface area (TPSA) is 35.2 Å². The fourth-order valence-electron chi connectivity index (χ4n) is 2.17. The minimum atomic E-state index is -4.30. The van der Waals surface area contributed by atoms with Crippen LogP contribution in [0, 0.1) is 0 Å². The van der Waals surface area contributed by atoms with Gasteiger partial charge in [-0.3, -0.25) is 0 Å². The number of halogens is 3. The van der Waals surface area contributed by atoms with E-state index in [1.54, 1.807) is 11.8 Å². The first-order chi connectivity index (χ1) is 9.38. The standard InChI is InChI=1S/C14H18F3NOS/c1-9-13(6-7-19-9)20-8-12(18)10-2-4-11(5-3-10)14(15,16)17/h2-5,9,12-13H,6-8,18H2,1H3. The third kappa shape index (κ3) is 3.90. The van der Waals surface area contributed by atoms with Gasteiger partial charge in [0.2, 0.25) is 0 Å². The van der Waals surface area contributed by atoms with Crippen LogP contribution in [-0.2, 0) is 10.9 Å². The van der Waals surface area contributed by atoms with Crippen LogP contribution in [0.5, 0.6) is 0 Å². The molecule has 0 aromatic heterocycles. The molecule has 2 rings (SSSR count). The quantitative estimate of drug-likeness (QED) is 0.923. The van der Waals surface area contributed by atoms with Gasteiger partial charge in [0.1, 0.15) is 0 Å². The zero-order chi connectivity index (χ0) is 14.8. The Kier molecular flexibility index (Phi) is 4.99. The fourth-order valence-corrected chi connectivity index (χ4v) is 3.43. The fraction of sp³-hybridized carbons (Fsp3) is 0.571. The molecular weight excluding hydrogens is 287 g/mol. The van der Waals surface area contributed by atoms with E-state index in [1.807, 2.05) is 6.92 Å². The Balaban J connectivity index is 1.90. The van der Waals surface area contributed by atoms with Gasteiger partial charge in [-0.15, -0.1) is 0 Å². The second-order valence-electron chi connectivity index (χ2n) is 4.96. The highest BCUT2D eigenvalue weighted by Gasteiger charge is 2.30. The van der Waals surface area contributed by atoms with Gasteiger partial charge in [-0.1, -0.05) is 12.1 Å². The van der Waals surface area contributed by atoms with E-state index in [0.717, 1.165) is 30.7 Å². The smallest absolute Gasteiger partial charge is 0.377 e. The lowest BCUT2D eigenvalue weighted by molar-refractivity contribution is -0.137. The molecule has 112 valence electrons. The number of alkyl halides is 3. The average molecular weight is 305 g/mol. The van der Waals surface area contributed by atoms with Gasteiger partial charge in [0.05, 0.1) is 11.7 Å². The first-order valence-electron chi connectivity index (χ1n) is 6.54. The molecule has 1 fully saturated rings. The van der Waals surface area contributed by atoms with E-state index in [4.69, 9.17) is 10.5 Å². The monoisotopic (exact) mass is 305 g/mol. The molecule has 0 amide bonds. The van der Waals surface area contributed by atoms with E-state index >= 15 is 0 Å². The molecule has 0 bridgehead atoms. The molecule has 3 unspecified atom stereocenters. The molecule has 1 aliphatic heterocycles. The van der Waals surface area contributed by atoms with Crippen molar-refractivity contribution in [2.24, 2.45) is 5.73 Å². The van der Waals surface area contributed by atoms with Crippen LogP contribution in [0.1, 0.15) is 30.5 Å². The summed E-state index contributed by atoms with van der Waals surface area (Å²) in [7, 11) is 0. The number of ether oxygens (including phenoxy) is 1. The maximum Gasteiger partial charge on any atom is 0.416 e. The Labute approximate surface area is 120 Å². The van der Waals surface area contributed by atoms with Crippen molar-refractivity contribution in [3.05, 3.63) is 35.4 Å². The molecule has 0 aliphatic carbocycles. The van der Waals surface area contributed by atoms with Gasteiger partial charge in [-0.05, 0) is 31.0 Å². The van der Waals surface area contributed by atoms with Crippen molar-refractivity contribution in [2.75, 3.05) is 12.4 Å². The molecule has 1 heterocycles. The molecule has 1 aromatic rings. The van der Waals surface area contributed by atoms with Crippen LogP contribution in [-0.4, -0.2) is 23.7 Å². The van der Waals surface area contributed by atoms with Crippen molar-refractivity contribution in [2.45, 2.75) is 36.9 Å². The number of nitrogens with two attached hydrogens (primary N) is 1. The van der Waals surface area contributed by atoms with Gasteiger partial charge in [-0.25, -0.2) is 0 Å². The van der Waals surface area contributed by atoms with E-state index in [9.17, 15) is 13.2 Å². The lowest BCUT2D eigenvalue weighted by atomic mass is 10.1. The predicted octanol–water partition coefficient (Wildman–Crippen LogP) is 3.62. The maximum atomic E-state index is 12.5. The number of hydrogen-bond donors (Lipinski definition) is 1. The van der Waals surface area contributed by atoms with E-state index in [1.165, 1.54) is 12.1 Å². The number of rotatable bonds is 4. The first-order valence-corrected chi connectivity index (χ1v) is 7.59. The molecule has 0 spiro atoms. The summed E-state index contributed by atoms with van der Waals surface area (Å²) in [6, 6.07) is 4.84. The largest absolute Gasteiger partial charge is 0.416 e. The van der Waals surface area contributed by atoms with Gasteiger partial charge in [0.15, 0.2) is 0 Å². The van der Waals surface area contributed by atoms with Gasteiger partial charge in [-0.2, -0.15) is 24.9 Å². The molecule has 6 heteroatoms. The Morgan fingerprint density at radius 2 is 2.00 bits per heavy atom. The molecule has 2 nitrogen and oxygen atoms in total. The van der Waals surface area contributed by atoms with Crippen molar-refractivity contribution in [3.8, 4) is 0 Å². The normalized spacial score (nSPS) is 24.9. The highest BCUT2D eigenvalue weighted by molar-refractivity contribution is 8.00. The molecule has 0 saturated carbocycles. The number of thioether (sulfide) groups is 1. The summed E-state index contributed by atoms with van der Waals surface area (Å²) < 4.78 is 42.9. The van der Waals surface area contributed by atoms with Crippen molar-refractivity contribution in [1.29, 1.82) is 0 Å². The lowest BCUT2D eigenvalue weighted by Gasteiger charge is -2.17. The highest BCUT2D eigenvalue weighted by Crippen LogP contribution is 2.31. The van der Waals surface area contributed by atoms with Crippen molar-refractivity contribution in [3.63, 3.8) is 0 Å². The Morgan fingerprint density at radius 3 is 2.50 bits per heavy atom. The second-order valence-corrected chi connectivity index (χ2v) is 6.23. The summed E-state index contributed by atoms with van der Waals surface area (Å²) >= 11 is 1.73. The van der Waals surface area contributed by atoms with E-state index in [-0.39, 0.29) is 12.1 Å². The summed E-state index contributed by atoms with van der Waals surface area (Å²) in [4.78, 5) is 0. The minimum Gasteiger partial charge on any atom is -0.377 e. The summed E-state index contributed by atoms with van der Waals surface area (Å²) in [6.07, 6.45) is -3.07. The SMILES string of the molecule is CC1OCCC1SCC(N)c1ccc(C(F)(F)F)cc1. The lowest BCUT2D eigenvalue weighted by Crippen LogP contribution is -2.19. The van der Waals surface area contributed by atoms with Gasteiger partial charge >= 0.3 is 6.18 Å². The molecule has 1 aliphatic rings. The molecule has 2 N–H and O–H groups in total.